The molecule has 2 rings (SSSR count). The molecule has 0 spiro atoms. The normalized spacial score (nSPS) is 12.2. The Kier molecular flexibility index (Phi) is 4.14. The summed E-state index contributed by atoms with van der Waals surface area (Å²) in [7, 11) is 3.48. The number of carbonyl (C=O) groups is 1. The van der Waals surface area contributed by atoms with E-state index >= 15 is 0 Å². The SMILES string of the molecule is Cc1cn(C(C)C(=O)N(C)C)nc1-c1ccccc1Cl. The van der Waals surface area contributed by atoms with Crippen LogP contribution in [0.5, 0.6) is 0 Å². The average molecular weight is 292 g/mol. The first-order chi connectivity index (χ1) is 9.41. The monoisotopic (exact) mass is 291 g/mol. The molecule has 1 heterocycles. The van der Waals surface area contributed by atoms with Crippen molar-refractivity contribution in [3.8, 4) is 11.3 Å². The molecule has 20 heavy (non-hydrogen) atoms. The number of hydrogen-bond donors (Lipinski definition) is 0. The van der Waals surface area contributed by atoms with Gasteiger partial charge in [-0.3, -0.25) is 9.48 Å². The van der Waals surface area contributed by atoms with Crippen LogP contribution < -0.4 is 0 Å². The molecule has 106 valence electrons. The topological polar surface area (TPSA) is 38.1 Å². The number of benzene rings is 1. The van der Waals surface area contributed by atoms with Gasteiger partial charge in [-0.1, -0.05) is 29.8 Å². The molecule has 1 amide bonds. The Labute approximate surface area is 124 Å². The van der Waals surface area contributed by atoms with Crippen molar-refractivity contribution >= 4 is 17.5 Å². The lowest BCUT2D eigenvalue weighted by Crippen LogP contribution is -2.30. The lowest BCUT2D eigenvalue weighted by atomic mass is 10.1. The van der Waals surface area contributed by atoms with E-state index in [9.17, 15) is 4.79 Å². The first-order valence-electron chi connectivity index (χ1n) is 6.43. The second-order valence-electron chi connectivity index (χ2n) is 5.03. The molecule has 1 unspecified atom stereocenters. The fraction of sp³-hybridized carbons (Fsp3) is 0.333. The molecule has 2 aromatic rings. The number of aromatic nitrogens is 2. The maximum Gasteiger partial charge on any atom is 0.246 e. The molecule has 0 aliphatic rings. The third kappa shape index (κ3) is 2.70. The number of carbonyl (C=O) groups excluding carboxylic acids is 1. The second-order valence-corrected chi connectivity index (χ2v) is 5.44. The Morgan fingerprint density at radius 2 is 2.00 bits per heavy atom. The summed E-state index contributed by atoms with van der Waals surface area (Å²) in [6.45, 7) is 3.81. The largest absolute Gasteiger partial charge is 0.347 e. The third-order valence-corrected chi connectivity index (χ3v) is 3.57. The number of halogens is 1. The number of aryl methyl sites for hydroxylation is 1. The van der Waals surface area contributed by atoms with Crippen LogP contribution in [0.3, 0.4) is 0 Å². The summed E-state index contributed by atoms with van der Waals surface area (Å²) in [5.74, 6) is 0.0122. The highest BCUT2D eigenvalue weighted by Crippen LogP contribution is 2.29. The molecule has 0 fully saturated rings. The summed E-state index contributed by atoms with van der Waals surface area (Å²) in [5, 5.41) is 5.19. The van der Waals surface area contributed by atoms with Crippen molar-refractivity contribution in [1.82, 2.24) is 14.7 Å². The summed E-state index contributed by atoms with van der Waals surface area (Å²) in [4.78, 5) is 13.6. The van der Waals surface area contributed by atoms with Crippen molar-refractivity contribution < 1.29 is 4.79 Å². The zero-order valence-corrected chi connectivity index (χ0v) is 12.8. The summed E-state index contributed by atoms with van der Waals surface area (Å²) in [5.41, 5.74) is 2.69. The molecule has 0 radical (unpaired) electrons. The highest BCUT2D eigenvalue weighted by molar-refractivity contribution is 6.33. The third-order valence-electron chi connectivity index (χ3n) is 3.24. The van der Waals surface area contributed by atoms with E-state index in [0.29, 0.717) is 5.02 Å². The highest BCUT2D eigenvalue weighted by atomic mass is 35.5. The highest BCUT2D eigenvalue weighted by Gasteiger charge is 2.20. The van der Waals surface area contributed by atoms with Gasteiger partial charge in [0.2, 0.25) is 5.91 Å². The standard InChI is InChI=1S/C15H18ClN3O/c1-10-9-19(11(2)15(20)18(3)4)17-14(10)12-7-5-6-8-13(12)16/h5-9,11H,1-4H3. The van der Waals surface area contributed by atoms with Crippen LogP contribution in [-0.4, -0.2) is 34.7 Å². The fourth-order valence-corrected chi connectivity index (χ4v) is 2.31. The van der Waals surface area contributed by atoms with Gasteiger partial charge in [0.25, 0.3) is 0 Å². The van der Waals surface area contributed by atoms with Crippen LogP contribution in [0.2, 0.25) is 5.02 Å². The molecule has 1 atom stereocenters. The van der Waals surface area contributed by atoms with E-state index in [2.05, 4.69) is 5.10 Å². The van der Waals surface area contributed by atoms with E-state index in [-0.39, 0.29) is 11.9 Å². The van der Waals surface area contributed by atoms with Gasteiger partial charge in [-0.05, 0) is 25.5 Å². The Hall–Kier alpha value is -1.81. The van der Waals surface area contributed by atoms with Crippen molar-refractivity contribution in [3.63, 3.8) is 0 Å². The Morgan fingerprint density at radius 3 is 2.60 bits per heavy atom. The number of rotatable bonds is 3. The average Bonchev–Trinajstić information content (AvgIpc) is 2.79. The maximum atomic E-state index is 12.0. The molecule has 4 nitrogen and oxygen atoms in total. The number of likely N-dealkylation sites (N-methyl/N-ethyl adjacent to an activating group) is 1. The lowest BCUT2D eigenvalue weighted by Gasteiger charge is -2.16. The van der Waals surface area contributed by atoms with Crippen LogP contribution in [0.25, 0.3) is 11.3 Å². The van der Waals surface area contributed by atoms with Crippen LogP contribution in [0, 0.1) is 6.92 Å². The summed E-state index contributed by atoms with van der Waals surface area (Å²) in [6.07, 6.45) is 1.88. The van der Waals surface area contributed by atoms with Gasteiger partial charge in [0.1, 0.15) is 6.04 Å². The van der Waals surface area contributed by atoms with Crippen LogP contribution >= 0.6 is 11.6 Å². The Morgan fingerprint density at radius 1 is 1.35 bits per heavy atom. The van der Waals surface area contributed by atoms with Gasteiger partial charge in [0.05, 0.1) is 10.7 Å². The smallest absolute Gasteiger partial charge is 0.246 e. The maximum absolute atomic E-state index is 12.0. The van der Waals surface area contributed by atoms with E-state index in [0.717, 1.165) is 16.8 Å². The van der Waals surface area contributed by atoms with E-state index in [1.807, 2.05) is 44.3 Å². The summed E-state index contributed by atoms with van der Waals surface area (Å²) >= 11 is 6.21. The van der Waals surface area contributed by atoms with E-state index in [4.69, 9.17) is 11.6 Å². The van der Waals surface area contributed by atoms with E-state index < -0.39 is 0 Å². The number of amides is 1. The molecule has 0 N–H and O–H groups in total. The van der Waals surface area contributed by atoms with Crippen molar-refractivity contribution in [2.75, 3.05) is 14.1 Å². The van der Waals surface area contributed by atoms with E-state index in [1.165, 1.54) is 0 Å². The van der Waals surface area contributed by atoms with Crippen LogP contribution in [0.1, 0.15) is 18.5 Å². The molecule has 1 aromatic carbocycles. The van der Waals surface area contributed by atoms with Crippen LogP contribution in [-0.2, 0) is 4.79 Å². The first-order valence-corrected chi connectivity index (χ1v) is 6.81. The van der Waals surface area contributed by atoms with Gasteiger partial charge in [-0.2, -0.15) is 5.10 Å². The molecular weight excluding hydrogens is 274 g/mol. The molecule has 0 aliphatic carbocycles. The first kappa shape index (κ1) is 14.6. The zero-order valence-electron chi connectivity index (χ0n) is 12.1. The van der Waals surface area contributed by atoms with Gasteiger partial charge in [-0.25, -0.2) is 0 Å². The van der Waals surface area contributed by atoms with Gasteiger partial charge < -0.3 is 4.90 Å². The number of hydrogen-bond acceptors (Lipinski definition) is 2. The predicted octanol–water partition coefficient (Wildman–Crippen LogP) is 3.16. The summed E-state index contributed by atoms with van der Waals surface area (Å²) < 4.78 is 1.69. The number of nitrogens with zero attached hydrogens (tertiary/aromatic N) is 3. The quantitative estimate of drug-likeness (QED) is 0.871. The van der Waals surface area contributed by atoms with Crippen molar-refractivity contribution in [2.45, 2.75) is 19.9 Å². The van der Waals surface area contributed by atoms with Gasteiger partial charge >= 0.3 is 0 Å². The molecule has 1 aromatic heterocycles. The minimum atomic E-state index is -0.333. The molecular formula is C15H18ClN3O. The molecule has 0 saturated carbocycles. The summed E-state index contributed by atoms with van der Waals surface area (Å²) in [6, 6.07) is 7.24. The van der Waals surface area contributed by atoms with Crippen LogP contribution in [0.4, 0.5) is 0 Å². The molecule has 0 bridgehead atoms. The minimum Gasteiger partial charge on any atom is -0.347 e. The molecule has 0 saturated heterocycles. The lowest BCUT2D eigenvalue weighted by molar-refractivity contribution is -0.131. The fourth-order valence-electron chi connectivity index (χ4n) is 2.09. The molecule has 0 aliphatic heterocycles. The van der Waals surface area contributed by atoms with Gasteiger partial charge in [-0.15, -0.1) is 0 Å². The van der Waals surface area contributed by atoms with Crippen molar-refractivity contribution in [3.05, 3.63) is 41.0 Å². The predicted molar refractivity (Wildman–Crippen MR) is 80.8 cm³/mol. The zero-order chi connectivity index (χ0) is 14.9. The van der Waals surface area contributed by atoms with Crippen LogP contribution in [0.15, 0.2) is 30.5 Å². The Balaban J connectivity index is 2.40. The Bertz CT molecular complexity index is 634. The van der Waals surface area contributed by atoms with Crippen molar-refractivity contribution in [1.29, 1.82) is 0 Å². The second kappa shape index (κ2) is 5.67. The van der Waals surface area contributed by atoms with Gasteiger partial charge in [0, 0.05) is 25.9 Å². The minimum absolute atomic E-state index is 0.0122. The molecule has 5 heteroatoms. The van der Waals surface area contributed by atoms with Crippen molar-refractivity contribution in [2.24, 2.45) is 0 Å². The van der Waals surface area contributed by atoms with Gasteiger partial charge in [0.15, 0.2) is 0 Å². The van der Waals surface area contributed by atoms with E-state index in [1.54, 1.807) is 23.7 Å².